The molecule has 0 spiro atoms. The van der Waals surface area contributed by atoms with Crippen LogP contribution in [-0.2, 0) is 11.3 Å². The van der Waals surface area contributed by atoms with Crippen molar-refractivity contribution in [2.45, 2.75) is 46.4 Å². The normalized spacial score (nSPS) is 11.5. The lowest BCUT2D eigenvalue weighted by molar-refractivity contribution is 0.0587. The summed E-state index contributed by atoms with van der Waals surface area (Å²) in [5.41, 5.74) is 0. The van der Waals surface area contributed by atoms with Gasteiger partial charge in [0, 0.05) is 6.04 Å². The van der Waals surface area contributed by atoms with Gasteiger partial charge in [0.2, 0.25) is 0 Å². The first-order valence-corrected chi connectivity index (χ1v) is 4.61. The maximum absolute atomic E-state index is 5.45. The van der Waals surface area contributed by atoms with Crippen LogP contribution in [0.3, 0.4) is 0 Å². The van der Waals surface area contributed by atoms with E-state index in [1.54, 1.807) is 6.33 Å². The first-order valence-electron chi connectivity index (χ1n) is 4.61. The highest BCUT2D eigenvalue weighted by atomic mass is 16.5. The van der Waals surface area contributed by atoms with Gasteiger partial charge in [0.25, 0.3) is 0 Å². The summed E-state index contributed by atoms with van der Waals surface area (Å²) in [5.74, 6) is 0.892. The Balaban J connectivity index is 2.60. The summed E-state index contributed by atoms with van der Waals surface area (Å²) < 4.78 is 7.47. The number of nitrogens with zero attached hydrogens (tertiary/aromatic N) is 3. The molecule has 0 aromatic carbocycles. The molecule has 4 nitrogen and oxygen atoms in total. The molecule has 1 heterocycles. The summed E-state index contributed by atoms with van der Waals surface area (Å²) in [4.78, 5) is 0. The van der Waals surface area contributed by atoms with Gasteiger partial charge >= 0.3 is 0 Å². The Bertz CT molecular complexity index is 255. The second-order valence-electron chi connectivity index (χ2n) is 3.61. The van der Waals surface area contributed by atoms with E-state index in [-0.39, 0.29) is 6.10 Å². The summed E-state index contributed by atoms with van der Waals surface area (Å²) in [6.45, 7) is 8.76. The fourth-order valence-corrected chi connectivity index (χ4v) is 1.04. The van der Waals surface area contributed by atoms with Crippen molar-refractivity contribution in [1.82, 2.24) is 14.8 Å². The lowest BCUT2D eigenvalue weighted by Crippen LogP contribution is -2.10. The Hall–Kier alpha value is -0.900. The molecule has 0 fully saturated rings. The molecule has 0 radical (unpaired) electrons. The van der Waals surface area contributed by atoms with Crippen LogP contribution in [0.5, 0.6) is 0 Å². The minimum absolute atomic E-state index is 0.234. The second-order valence-corrected chi connectivity index (χ2v) is 3.61. The Kier molecular flexibility index (Phi) is 3.42. The molecule has 0 bridgehead atoms. The number of aromatic nitrogens is 3. The Morgan fingerprint density at radius 2 is 2.08 bits per heavy atom. The smallest absolute Gasteiger partial charge is 0.159 e. The maximum atomic E-state index is 5.45. The van der Waals surface area contributed by atoms with E-state index >= 15 is 0 Å². The van der Waals surface area contributed by atoms with E-state index in [9.17, 15) is 0 Å². The Morgan fingerprint density at radius 3 is 2.62 bits per heavy atom. The minimum Gasteiger partial charge on any atom is -0.371 e. The highest BCUT2D eigenvalue weighted by Gasteiger charge is 2.07. The molecule has 0 N–H and O–H groups in total. The van der Waals surface area contributed by atoms with Gasteiger partial charge in [0.05, 0.1) is 6.10 Å². The van der Waals surface area contributed by atoms with Crippen molar-refractivity contribution in [2.75, 3.05) is 0 Å². The molecule has 1 aromatic heterocycles. The van der Waals surface area contributed by atoms with E-state index in [1.807, 2.05) is 18.4 Å². The molecular formula is C9H17N3O. The molecule has 0 atom stereocenters. The van der Waals surface area contributed by atoms with Crippen LogP contribution >= 0.6 is 0 Å². The van der Waals surface area contributed by atoms with E-state index in [1.165, 1.54) is 0 Å². The van der Waals surface area contributed by atoms with Gasteiger partial charge < -0.3 is 9.30 Å². The summed E-state index contributed by atoms with van der Waals surface area (Å²) >= 11 is 0. The average molecular weight is 183 g/mol. The molecule has 1 aromatic rings. The van der Waals surface area contributed by atoms with E-state index in [0.717, 1.165) is 5.82 Å². The third-order valence-corrected chi connectivity index (χ3v) is 1.75. The van der Waals surface area contributed by atoms with Crippen molar-refractivity contribution < 1.29 is 4.74 Å². The average Bonchev–Trinajstić information content (AvgIpc) is 2.47. The zero-order valence-electron chi connectivity index (χ0n) is 8.69. The monoisotopic (exact) mass is 183 g/mol. The zero-order chi connectivity index (χ0) is 9.84. The third kappa shape index (κ3) is 2.81. The predicted molar refractivity (Wildman–Crippen MR) is 50.3 cm³/mol. The van der Waals surface area contributed by atoms with Crippen LogP contribution in [0.1, 0.15) is 39.6 Å². The van der Waals surface area contributed by atoms with Gasteiger partial charge in [0.1, 0.15) is 12.9 Å². The molecule has 0 saturated carbocycles. The highest BCUT2D eigenvalue weighted by Crippen LogP contribution is 2.07. The second kappa shape index (κ2) is 4.37. The maximum Gasteiger partial charge on any atom is 0.159 e. The summed E-state index contributed by atoms with van der Waals surface area (Å²) in [7, 11) is 0. The van der Waals surface area contributed by atoms with Gasteiger partial charge in [-0.1, -0.05) is 0 Å². The fraction of sp³-hybridized carbons (Fsp3) is 0.778. The molecule has 1 rings (SSSR count). The molecule has 74 valence electrons. The van der Waals surface area contributed by atoms with Crippen LogP contribution in [0, 0.1) is 0 Å². The van der Waals surface area contributed by atoms with Crippen molar-refractivity contribution >= 4 is 0 Å². The van der Waals surface area contributed by atoms with E-state index in [0.29, 0.717) is 12.6 Å². The van der Waals surface area contributed by atoms with Gasteiger partial charge in [-0.25, -0.2) is 0 Å². The lowest BCUT2D eigenvalue weighted by atomic mass is 10.4. The summed E-state index contributed by atoms with van der Waals surface area (Å²) in [6.07, 6.45) is 1.97. The van der Waals surface area contributed by atoms with Gasteiger partial charge in [0.15, 0.2) is 5.82 Å². The summed E-state index contributed by atoms with van der Waals surface area (Å²) in [6, 6.07) is 0.390. The highest BCUT2D eigenvalue weighted by molar-refractivity contribution is 4.85. The Labute approximate surface area is 78.9 Å². The summed E-state index contributed by atoms with van der Waals surface area (Å²) in [5, 5.41) is 7.85. The van der Waals surface area contributed by atoms with Crippen LogP contribution in [0.4, 0.5) is 0 Å². The lowest BCUT2D eigenvalue weighted by Gasteiger charge is -2.11. The molecule has 0 unspecified atom stereocenters. The van der Waals surface area contributed by atoms with Gasteiger partial charge in [-0.2, -0.15) is 0 Å². The van der Waals surface area contributed by atoms with E-state index in [2.05, 4.69) is 24.0 Å². The van der Waals surface area contributed by atoms with Crippen LogP contribution in [-0.4, -0.2) is 20.9 Å². The standard InChI is InChI=1S/C9H17N3O/c1-7(2)12-6-10-11-9(12)5-13-8(3)4/h6-8H,5H2,1-4H3. The molecule has 0 aliphatic carbocycles. The molecule has 4 heteroatoms. The topological polar surface area (TPSA) is 39.9 Å². The molecule has 13 heavy (non-hydrogen) atoms. The number of hydrogen-bond donors (Lipinski definition) is 0. The molecule has 0 aliphatic rings. The van der Waals surface area contributed by atoms with E-state index in [4.69, 9.17) is 4.74 Å². The first-order chi connectivity index (χ1) is 6.11. The molecule has 0 amide bonds. The van der Waals surface area contributed by atoms with Gasteiger partial charge in [-0.3, -0.25) is 0 Å². The SMILES string of the molecule is CC(C)OCc1nncn1C(C)C. The molecule has 0 saturated heterocycles. The van der Waals surface area contributed by atoms with Crippen molar-refractivity contribution in [3.05, 3.63) is 12.2 Å². The molecular weight excluding hydrogens is 166 g/mol. The number of ether oxygens (including phenoxy) is 1. The third-order valence-electron chi connectivity index (χ3n) is 1.75. The fourth-order valence-electron chi connectivity index (χ4n) is 1.04. The Morgan fingerprint density at radius 1 is 1.38 bits per heavy atom. The van der Waals surface area contributed by atoms with Crippen molar-refractivity contribution in [1.29, 1.82) is 0 Å². The quantitative estimate of drug-likeness (QED) is 0.714. The van der Waals surface area contributed by atoms with Crippen molar-refractivity contribution in [2.24, 2.45) is 0 Å². The van der Waals surface area contributed by atoms with Crippen LogP contribution in [0.15, 0.2) is 6.33 Å². The number of rotatable bonds is 4. The van der Waals surface area contributed by atoms with Gasteiger partial charge in [-0.05, 0) is 27.7 Å². The van der Waals surface area contributed by atoms with Crippen molar-refractivity contribution in [3.63, 3.8) is 0 Å². The minimum atomic E-state index is 0.234. The predicted octanol–water partition coefficient (Wildman–Crippen LogP) is 1.78. The van der Waals surface area contributed by atoms with Crippen molar-refractivity contribution in [3.8, 4) is 0 Å². The van der Waals surface area contributed by atoms with Crippen LogP contribution in [0.25, 0.3) is 0 Å². The van der Waals surface area contributed by atoms with Crippen LogP contribution in [0.2, 0.25) is 0 Å². The first kappa shape index (κ1) is 10.2. The van der Waals surface area contributed by atoms with Gasteiger partial charge in [-0.15, -0.1) is 10.2 Å². The largest absolute Gasteiger partial charge is 0.371 e. The molecule has 0 aliphatic heterocycles. The zero-order valence-corrected chi connectivity index (χ0v) is 8.69. The van der Waals surface area contributed by atoms with E-state index < -0.39 is 0 Å². The van der Waals surface area contributed by atoms with Crippen LogP contribution < -0.4 is 0 Å². The number of hydrogen-bond acceptors (Lipinski definition) is 3.